The topological polar surface area (TPSA) is 69.7 Å². The van der Waals surface area contributed by atoms with Gasteiger partial charge in [0, 0.05) is 26.3 Å². The second-order valence-electron chi connectivity index (χ2n) is 2.48. The second-order valence-corrected chi connectivity index (χ2v) is 2.90. The third-order valence-corrected chi connectivity index (χ3v) is 1.74. The molecule has 0 amide bonds. The lowest BCUT2D eigenvalue weighted by molar-refractivity contribution is 0.247. The van der Waals surface area contributed by atoms with Crippen LogP contribution in [0.5, 0.6) is 0 Å². The van der Waals surface area contributed by atoms with Crippen LogP contribution < -0.4 is 5.73 Å². The van der Waals surface area contributed by atoms with Gasteiger partial charge in [0.2, 0.25) is 0 Å². The molecule has 0 aromatic rings. The van der Waals surface area contributed by atoms with Gasteiger partial charge in [-0.1, -0.05) is 0 Å². The first-order valence-corrected chi connectivity index (χ1v) is 4.39. The van der Waals surface area contributed by atoms with Crippen molar-refractivity contribution in [1.29, 1.82) is 0 Å². The summed E-state index contributed by atoms with van der Waals surface area (Å²) < 4.78 is 0. The fourth-order valence-electron chi connectivity index (χ4n) is 0.855. The van der Waals surface area contributed by atoms with Crippen molar-refractivity contribution in [3.8, 4) is 0 Å². The maximum atomic E-state index is 8.56. The maximum Gasteiger partial charge on any atom is 0.166 e. The van der Waals surface area contributed by atoms with Crippen molar-refractivity contribution in [2.75, 3.05) is 26.3 Å². The van der Waals surface area contributed by atoms with E-state index in [1.165, 1.54) is 0 Å². The second kappa shape index (κ2) is 7.27. The molecule has 12 heavy (non-hydrogen) atoms. The molecule has 0 saturated heterocycles. The van der Waals surface area contributed by atoms with Crippen LogP contribution in [0.2, 0.25) is 0 Å². The predicted octanol–water partition coefficient (Wildman–Crippen LogP) is -0.703. The van der Waals surface area contributed by atoms with Crippen molar-refractivity contribution >= 4 is 17.3 Å². The number of aliphatic hydroxyl groups excluding tert-OH is 2. The SMILES string of the molecule is NC(=S)N(CCCO)CCCO. The first-order valence-electron chi connectivity index (χ1n) is 3.98. The lowest BCUT2D eigenvalue weighted by Crippen LogP contribution is -2.37. The van der Waals surface area contributed by atoms with Gasteiger partial charge in [-0.15, -0.1) is 0 Å². The molecule has 0 aliphatic carbocycles. The van der Waals surface area contributed by atoms with E-state index in [9.17, 15) is 0 Å². The zero-order valence-electron chi connectivity index (χ0n) is 7.07. The number of thiocarbonyl (C=S) groups is 1. The molecule has 72 valence electrons. The Morgan fingerprint density at radius 1 is 1.17 bits per heavy atom. The van der Waals surface area contributed by atoms with Crippen LogP contribution >= 0.6 is 12.2 Å². The smallest absolute Gasteiger partial charge is 0.166 e. The summed E-state index contributed by atoms with van der Waals surface area (Å²) in [7, 11) is 0. The van der Waals surface area contributed by atoms with E-state index in [1.54, 1.807) is 4.90 Å². The summed E-state index contributed by atoms with van der Waals surface area (Å²) in [5.74, 6) is 0. The van der Waals surface area contributed by atoms with E-state index >= 15 is 0 Å². The van der Waals surface area contributed by atoms with Crippen LogP contribution in [0.25, 0.3) is 0 Å². The summed E-state index contributed by atoms with van der Waals surface area (Å²) in [5.41, 5.74) is 5.41. The van der Waals surface area contributed by atoms with E-state index in [1.807, 2.05) is 0 Å². The molecule has 0 fully saturated rings. The van der Waals surface area contributed by atoms with Crippen LogP contribution in [-0.2, 0) is 0 Å². The summed E-state index contributed by atoms with van der Waals surface area (Å²) in [5, 5.41) is 17.5. The quantitative estimate of drug-likeness (QED) is 0.485. The minimum absolute atomic E-state index is 0.137. The Kier molecular flexibility index (Phi) is 7.03. The van der Waals surface area contributed by atoms with Gasteiger partial charge in [-0.2, -0.15) is 0 Å². The third kappa shape index (κ3) is 5.29. The summed E-state index contributed by atoms with van der Waals surface area (Å²) in [6.07, 6.45) is 1.31. The van der Waals surface area contributed by atoms with Gasteiger partial charge in [0.1, 0.15) is 0 Å². The van der Waals surface area contributed by atoms with Crippen LogP contribution in [-0.4, -0.2) is 46.5 Å². The van der Waals surface area contributed by atoms with Crippen LogP contribution in [0.15, 0.2) is 0 Å². The first kappa shape index (κ1) is 11.6. The van der Waals surface area contributed by atoms with Crippen molar-refractivity contribution in [3.63, 3.8) is 0 Å². The van der Waals surface area contributed by atoms with Gasteiger partial charge in [0.15, 0.2) is 5.11 Å². The predicted molar refractivity (Wildman–Crippen MR) is 51.8 cm³/mol. The maximum absolute atomic E-state index is 8.56. The Hall–Kier alpha value is -0.390. The van der Waals surface area contributed by atoms with E-state index < -0.39 is 0 Å². The third-order valence-electron chi connectivity index (χ3n) is 1.48. The van der Waals surface area contributed by atoms with Crippen molar-refractivity contribution in [3.05, 3.63) is 0 Å². The molecule has 0 saturated carbocycles. The van der Waals surface area contributed by atoms with Crippen LogP contribution in [0.1, 0.15) is 12.8 Å². The fraction of sp³-hybridized carbons (Fsp3) is 0.857. The zero-order valence-corrected chi connectivity index (χ0v) is 7.89. The van der Waals surface area contributed by atoms with Gasteiger partial charge >= 0.3 is 0 Å². The van der Waals surface area contributed by atoms with Gasteiger partial charge < -0.3 is 20.8 Å². The highest BCUT2D eigenvalue weighted by molar-refractivity contribution is 7.80. The average Bonchev–Trinajstić information content (AvgIpc) is 2.04. The lowest BCUT2D eigenvalue weighted by atomic mass is 10.3. The molecule has 4 nitrogen and oxygen atoms in total. The van der Waals surface area contributed by atoms with E-state index in [2.05, 4.69) is 0 Å². The highest BCUT2D eigenvalue weighted by atomic mass is 32.1. The first-order chi connectivity index (χ1) is 5.72. The van der Waals surface area contributed by atoms with Gasteiger partial charge in [0.05, 0.1) is 0 Å². The van der Waals surface area contributed by atoms with Crippen molar-refractivity contribution < 1.29 is 10.2 Å². The van der Waals surface area contributed by atoms with Gasteiger partial charge in [-0.3, -0.25) is 0 Å². The van der Waals surface area contributed by atoms with Gasteiger partial charge in [-0.25, -0.2) is 0 Å². The standard InChI is InChI=1S/C7H16N2O2S/c8-7(12)9(3-1-5-10)4-2-6-11/h10-11H,1-6H2,(H2,8,12). The molecule has 0 rings (SSSR count). The molecule has 0 aromatic heterocycles. The Balaban J connectivity index is 3.62. The van der Waals surface area contributed by atoms with Crippen LogP contribution in [0, 0.1) is 0 Å². The van der Waals surface area contributed by atoms with Crippen LogP contribution in [0.3, 0.4) is 0 Å². The largest absolute Gasteiger partial charge is 0.396 e. The lowest BCUT2D eigenvalue weighted by Gasteiger charge is -2.21. The molecule has 0 unspecified atom stereocenters. The average molecular weight is 192 g/mol. The van der Waals surface area contributed by atoms with Crippen LogP contribution in [0.4, 0.5) is 0 Å². The molecule has 0 aliphatic heterocycles. The molecular formula is C7H16N2O2S. The Bertz CT molecular complexity index is 125. The number of nitrogens with zero attached hydrogens (tertiary/aromatic N) is 1. The van der Waals surface area contributed by atoms with Crippen molar-refractivity contribution in [2.24, 2.45) is 5.73 Å². The van der Waals surface area contributed by atoms with Gasteiger partial charge in [-0.05, 0) is 25.1 Å². The number of rotatable bonds is 6. The van der Waals surface area contributed by atoms with E-state index in [0.29, 0.717) is 31.0 Å². The minimum atomic E-state index is 0.137. The fourth-order valence-corrected chi connectivity index (χ4v) is 1.04. The summed E-state index contributed by atoms with van der Waals surface area (Å²) in [6, 6.07) is 0. The van der Waals surface area contributed by atoms with Crippen molar-refractivity contribution in [2.45, 2.75) is 12.8 Å². The Labute approximate surface area is 78.0 Å². The number of hydrogen-bond acceptors (Lipinski definition) is 3. The highest BCUT2D eigenvalue weighted by Gasteiger charge is 2.03. The summed E-state index contributed by atoms with van der Waals surface area (Å²) in [6.45, 7) is 1.59. The molecule has 0 bridgehead atoms. The molecule has 4 N–H and O–H groups in total. The van der Waals surface area contributed by atoms with E-state index in [-0.39, 0.29) is 13.2 Å². The molecule has 0 spiro atoms. The number of nitrogens with two attached hydrogens (primary N) is 1. The Morgan fingerprint density at radius 2 is 1.58 bits per heavy atom. The summed E-state index contributed by atoms with van der Waals surface area (Å²) in [4.78, 5) is 1.78. The number of aliphatic hydroxyl groups is 2. The highest BCUT2D eigenvalue weighted by Crippen LogP contribution is 1.93. The summed E-state index contributed by atoms with van der Waals surface area (Å²) >= 11 is 4.78. The molecule has 0 aliphatic rings. The Morgan fingerprint density at radius 3 is 1.83 bits per heavy atom. The molecule has 0 aromatic carbocycles. The minimum Gasteiger partial charge on any atom is -0.396 e. The molecule has 0 radical (unpaired) electrons. The van der Waals surface area contributed by atoms with E-state index in [4.69, 9.17) is 28.2 Å². The molecular weight excluding hydrogens is 176 g/mol. The monoisotopic (exact) mass is 192 g/mol. The van der Waals surface area contributed by atoms with Gasteiger partial charge in [0.25, 0.3) is 0 Å². The van der Waals surface area contributed by atoms with Crippen molar-refractivity contribution in [1.82, 2.24) is 4.90 Å². The normalized spacial score (nSPS) is 9.83. The molecule has 0 atom stereocenters. The molecule has 0 heterocycles. The number of hydrogen-bond donors (Lipinski definition) is 3. The molecule has 5 heteroatoms. The zero-order chi connectivity index (χ0) is 9.40. The van der Waals surface area contributed by atoms with E-state index in [0.717, 1.165) is 0 Å².